The van der Waals surface area contributed by atoms with E-state index in [0.717, 1.165) is 17.3 Å². The van der Waals surface area contributed by atoms with Crippen molar-refractivity contribution in [2.24, 2.45) is 5.92 Å². The van der Waals surface area contributed by atoms with Gasteiger partial charge in [0, 0.05) is 19.0 Å². The predicted octanol–water partition coefficient (Wildman–Crippen LogP) is 3.42. The van der Waals surface area contributed by atoms with Gasteiger partial charge in [0.05, 0.1) is 5.56 Å². The molecule has 1 saturated carbocycles. The summed E-state index contributed by atoms with van der Waals surface area (Å²) in [5.41, 5.74) is 0.394. The number of phenolic OH excluding ortho intramolecular Hbond substituents is 1. The fourth-order valence-electron chi connectivity index (χ4n) is 2.78. The average molecular weight is 269 g/mol. The van der Waals surface area contributed by atoms with Crippen molar-refractivity contribution in [3.05, 3.63) is 42.0 Å². The van der Waals surface area contributed by atoms with E-state index in [2.05, 4.69) is 0 Å². The van der Waals surface area contributed by atoms with Gasteiger partial charge >= 0.3 is 0 Å². The molecule has 0 aromatic heterocycles. The van der Waals surface area contributed by atoms with Crippen LogP contribution >= 0.6 is 0 Å². The lowest BCUT2D eigenvalue weighted by Gasteiger charge is -2.30. The van der Waals surface area contributed by atoms with E-state index in [4.69, 9.17) is 0 Å². The fourth-order valence-corrected chi connectivity index (χ4v) is 2.78. The second kappa shape index (κ2) is 5.16. The normalized spacial score (nSPS) is 15.1. The molecular weight excluding hydrogens is 250 g/mol. The van der Waals surface area contributed by atoms with E-state index in [9.17, 15) is 9.90 Å². The lowest BCUT2D eigenvalue weighted by atomic mass is 9.85. The van der Waals surface area contributed by atoms with Crippen LogP contribution in [-0.2, 0) is 0 Å². The van der Waals surface area contributed by atoms with Gasteiger partial charge in [0.1, 0.15) is 5.75 Å². The Hall–Kier alpha value is -2.03. The highest BCUT2D eigenvalue weighted by Crippen LogP contribution is 2.31. The van der Waals surface area contributed by atoms with E-state index in [1.54, 1.807) is 11.0 Å². The van der Waals surface area contributed by atoms with Crippen LogP contribution in [0.25, 0.3) is 10.8 Å². The maximum atomic E-state index is 12.5. The number of hydrogen-bond donors (Lipinski definition) is 1. The SMILES string of the molecule is CN(CC1CCC1)C(=O)c1ccc2ccccc2c1O. The summed E-state index contributed by atoms with van der Waals surface area (Å²) in [6.45, 7) is 0.783. The van der Waals surface area contributed by atoms with Gasteiger partial charge in [-0.25, -0.2) is 0 Å². The number of carbonyl (C=O) groups excluding carboxylic acids is 1. The summed E-state index contributed by atoms with van der Waals surface area (Å²) in [6.07, 6.45) is 3.69. The Balaban J connectivity index is 1.88. The molecule has 0 radical (unpaired) electrons. The first kappa shape index (κ1) is 13.0. The van der Waals surface area contributed by atoms with Crippen molar-refractivity contribution in [3.8, 4) is 5.75 Å². The molecule has 1 fully saturated rings. The standard InChI is InChI=1S/C17H19NO2/c1-18(11-12-5-4-6-12)17(20)15-10-9-13-7-2-3-8-14(13)16(15)19/h2-3,7-10,12,19H,4-6,11H2,1H3. The fraction of sp³-hybridized carbons (Fsp3) is 0.353. The minimum Gasteiger partial charge on any atom is -0.506 e. The van der Waals surface area contributed by atoms with Crippen LogP contribution in [0, 0.1) is 5.92 Å². The van der Waals surface area contributed by atoms with Crippen molar-refractivity contribution in [2.45, 2.75) is 19.3 Å². The molecule has 1 N–H and O–H groups in total. The predicted molar refractivity (Wildman–Crippen MR) is 79.9 cm³/mol. The van der Waals surface area contributed by atoms with Crippen molar-refractivity contribution >= 4 is 16.7 Å². The maximum absolute atomic E-state index is 12.5. The largest absolute Gasteiger partial charge is 0.506 e. The molecular formula is C17H19NO2. The lowest BCUT2D eigenvalue weighted by Crippen LogP contribution is -2.34. The van der Waals surface area contributed by atoms with Crippen LogP contribution in [0.3, 0.4) is 0 Å². The quantitative estimate of drug-likeness (QED) is 0.927. The Bertz CT molecular complexity index is 646. The van der Waals surface area contributed by atoms with Gasteiger partial charge in [-0.05, 0) is 30.2 Å². The molecule has 0 unspecified atom stereocenters. The first-order valence-corrected chi connectivity index (χ1v) is 7.13. The smallest absolute Gasteiger partial charge is 0.257 e. The van der Waals surface area contributed by atoms with Gasteiger partial charge < -0.3 is 10.0 Å². The van der Waals surface area contributed by atoms with Crippen LogP contribution in [0.2, 0.25) is 0 Å². The number of phenols is 1. The molecule has 3 nitrogen and oxygen atoms in total. The molecule has 0 spiro atoms. The molecule has 0 heterocycles. The van der Waals surface area contributed by atoms with Gasteiger partial charge in [-0.1, -0.05) is 36.8 Å². The molecule has 1 aliphatic rings. The minimum atomic E-state index is -0.0971. The molecule has 1 amide bonds. The minimum absolute atomic E-state index is 0.0913. The molecule has 3 rings (SSSR count). The number of amides is 1. The van der Waals surface area contributed by atoms with Crippen LogP contribution in [0.4, 0.5) is 0 Å². The molecule has 0 atom stereocenters. The number of carbonyl (C=O) groups is 1. The summed E-state index contributed by atoms with van der Waals surface area (Å²) in [5.74, 6) is 0.625. The van der Waals surface area contributed by atoms with Crippen molar-refractivity contribution in [2.75, 3.05) is 13.6 Å². The van der Waals surface area contributed by atoms with Crippen molar-refractivity contribution in [1.29, 1.82) is 0 Å². The molecule has 1 aliphatic carbocycles. The third-order valence-corrected chi connectivity index (χ3v) is 4.23. The molecule has 20 heavy (non-hydrogen) atoms. The van der Waals surface area contributed by atoms with E-state index in [0.29, 0.717) is 11.5 Å². The topological polar surface area (TPSA) is 40.5 Å². The summed E-state index contributed by atoms with van der Waals surface area (Å²) in [5, 5.41) is 12.0. The number of benzene rings is 2. The van der Waals surface area contributed by atoms with Gasteiger partial charge in [-0.2, -0.15) is 0 Å². The molecule has 2 aromatic rings. The molecule has 0 saturated heterocycles. The zero-order valence-corrected chi connectivity index (χ0v) is 11.7. The molecule has 0 aliphatic heterocycles. The monoisotopic (exact) mass is 269 g/mol. The van der Waals surface area contributed by atoms with Crippen LogP contribution in [0.5, 0.6) is 5.75 Å². The van der Waals surface area contributed by atoms with Gasteiger partial charge in [0.15, 0.2) is 0 Å². The highest BCUT2D eigenvalue weighted by molar-refractivity contribution is 6.03. The number of nitrogens with zero attached hydrogens (tertiary/aromatic N) is 1. The first-order valence-electron chi connectivity index (χ1n) is 7.13. The summed E-state index contributed by atoms with van der Waals surface area (Å²) >= 11 is 0. The first-order chi connectivity index (χ1) is 9.66. The number of rotatable bonds is 3. The van der Waals surface area contributed by atoms with Gasteiger partial charge in [-0.15, -0.1) is 0 Å². The Kier molecular flexibility index (Phi) is 3.35. The van der Waals surface area contributed by atoms with Crippen LogP contribution in [0.15, 0.2) is 36.4 Å². The second-order valence-electron chi connectivity index (χ2n) is 5.67. The van der Waals surface area contributed by atoms with Crippen LogP contribution in [0.1, 0.15) is 29.6 Å². The highest BCUT2D eigenvalue weighted by Gasteiger charge is 2.23. The van der Waals surface area contributed by atoms with Crippen LogP contribution in [-0.4, -0.2) is 29.5 Å². The van der Waals surface area contributed by atoms with Crippen molar-refractivity contribution in [1.82, 2.24) is 4.90 Å². The zero-order chi connectivity index (χ0) is 14.1. The summed E-state index contributed by atoms with van der Waals surface area (Å²) in [4.78, 5) is 14.2. The number of hydrogen-bond acceptors (Lipinski definition) is 2. The summed E-state index contributed by atoms with van der Waals surface area (Å²) < 4.78 is 0. The Morgan fingerprint density at radius 1 is 1.25 bits per heavy atom. The van der Waals surface area contributed by atoms with Gasteiger partial charge in [-0.3, -0.25) is 4.79 Å². The number of fused-ring (bicyclic) bond motifs is 1. The lowest BCUT2D eigenvalue weighted by molar-refractivity contribution is 0.0742. The second-order valence-corrected chi connectivity index (χ2v) is 5.67. The van der Waals surface area contributed by atoms with Gasteiger partial charge in [0.2, 0.25) is 0 Å². The van der Waals surface area contributed by atoms with Crippen LogP contribution < -0.4 is 0 Å². The Morgan fingerprint density at radius 2 is 2.00 bits per heavy atom. The van der Waals surface area contributed by atoms with Crippen molar-refractivity contribution in [3.63, 3.8) is 0 Å². The third kappa shape index (κ3) is 2.24. The Labute approximate surface area is 118 Å². The molecule has 104 valence electrons. The highest BCUT2D eigenvalue weighted by atomic mass is 16.3. The van der Waals surface area contributed by atoms with E-state index in [1.807, 2.05) is 37.4 Å². The van der Waals surface area contributed by atoms with E-state index in [-0.39, 0.29) is 11.7 Å². The average Bonchev–Trinajstić information content (AvgIpc) is 2.42. The van der Waals surface area contributed by atoms with Crippen molar-refractivity contribution < 1.29 is 9.90 Å². The summed E-state index contributed by atoms with van der Waals surface area (Å²) in [7, 11) is 1.81. The maximum Gasteiger partial charge on any atom is 0.257 e. The van der Waals surface area contributed by atoms with E-state index < -0.39 is 0 Å². The van der Waals surface area contributed by atoms with E-state index >= 15 is 0 Å². The third-order valence-electron chi connectivity index (χ3n) is 4.23. The zero-order valence-electron chi connectivity index (χ0n) is 11.7. The van der Waals surface area contributed by atoms with E-state index in [1.165, 1.54) is 19.3 Å². The Morgan fingerprint density at radius 3 is 2.70 bits per heavy atom. The number of aromatic hydroxyl groups is 1. The summed E-state index contributed by atoms with van der Waals surface area (Å²) in [6, 6.07) is 11.2. The van der Waals surface area contributed by atoms with Gasteiger partial charge in [0.25, 0.3) is 5.91 Å². The molecule has 2 aromatic carbocycles. The molecule has 3 heteroatoms. The molecule has 0 bridgehead atoms.